The molecule has 1 heterocycles. The fraction of sp³-hybridized carbons (Fsp3) is 0.750. The van der Waals surface area contributed by atoms with Crippen molar-refractivity contribution >= 4 is 12.1 Å². The smallest absolute Gasteiger partial charge is 0.407 e. The first kappa shape index (κ1) is 9.83. The standard InChI is InChI=1S/C8H13NO4/c1-5-3-6(4-7(10)12-2)9-8(11)13-5/h5-6H,3-4H2,1-2H3,(H,9,11)/t5-,6-/m0/s1. The van der Waals surface area contributed by atoms with Gasteiger partial charge in [-0.25, -0.2) is 4.79 Å². The lowest BCUT2D eigenvalue weighted by atomic mass is 10.1. The van der Waals surface area contributed by atoms with Gasteiger partial charge in [-0.05, 0) is 6.92 Å². The zero-order chi connectivity index (χ0) is 9.84. The summed E-state index contributed by atoms with van der Waals surface area (Å²) in [7, 11) is 1.33. The Hall–Kier alpha value is -1.26. The van der Waals surface area contributed by atoms with Gasteiger partial charge in [-0.15, -0.1) is 0 Å². The second-order valence-corrected chi connectivity index (χ2v) is 3.07. The van der Waals surface area contributed by atoms with Crippen LogP contribution >= 0.6 is 0 Å². The number of hydrogen-bond acceptors (Lipinski definition) is 4. The molecule has 74 valence electrons. The zero-order valence-corrected chi connectivity index (χ0v) is 7.70. The van der Waals surface area contributed by atoms with Crippen LogP contribution < -0.4 is 5.32 Å². The average molecular weight is 187 g/mol. The third-order valence-corrected chi connectivity index (χ3v) is 1.89. The molecule has 0 spiro atoms. The van der Waals surface area contributed by atoms with Crippen molar-refractivity contribution in [3.8, 4) is 0 Å². The van der Waals surface area contributed by atoms with Crippen LogP contribution in [0.4, 0.5) is 4.79 Å². The van der Waals surface area contributed by atoms with E-state index in [9.17, 15) is 9.59 Å². The largest absolute Gasteiger partial charge is 0.469 e. The van der Waals surface area contributed by atoms with Crippen molar-refractivity contribution < 1.29 is 19.1 Å². The van der Waals surface area contributed by atoms with E-state index < -0.39 is 6.09 Å². The molecule has 1 saturated heterocycles. The molecule has 0 aromatic heterocycles. The van der Waals surface area contributed by atoms with Crippen LogP contribution in [0.5, 0.6) is 0 Å². The number of nitrogens with one attached hydrogen (secondary N) is 1. The van der Waals surface area contributed by atoms with Crippen LogP contribution in [0.2, 0.25) is 0 Å². The monoisotopic (exact) mass is 187 g/mol. The highest BCUT2D eigenvalue weighted by molar-refractivity contribution is 5.73. The molecule has 1 amide bonds. The van der Waals surface area contributed by atoms with Crippen LogP contribution in [0, 0.1) is 0 Å². The van der Waals surface area contributed by atoms with Gasteiger partial charge in [-0.3, -0.25) is 4.79 Å². The van der Waals surface area contributed by atoms with Crippen LogP contribution in [0.1, 0.15) is 19.8 Å². The summed E-state index contributed by atoms with van der Waals surface area (Å²) in [5.74, 6) is -0.320. The molecule has 2 atom stereocenters. The van der Waals surface area contributed by atoms with Gasteiger partial charge in [-0.2, -0.15) is 0 Å². The van der Waals surface area contributed by atoms with Gasteiger partial charge in [-0.1, -0.05) is 0 Å². The Morgan fingerprint density at radius 3 is 3.00 bits per heavy atom. The van der Waals surface area contributed by atoms with E-state index in [2.05, 4.69) is 10.1 Å². The van der Waals surface area contributed by atoms with Gasteiger partial charge in [0.1, 0.15) is 6.10 Å². The second-order valence-electron chi connectivity index (χ2n) is 3.07. The summed E-state index contributed by atoms with van der Waals surface area (Å²) in [6.07, 6.45) is 0.243. The lowest BCUT2D eigenvalue weighted by molar-refractivity contribution is -0.141. The summed E-state index contributed by atoms with van der Waals surface area (Å²) in [6.45, 7) is 1.79. The first-order valence-electron chi connectivity index (χ1n) is 4.15. The van der Waals surface area contributed by atoms with Crippen molar-refractivity contribution in [2.45, 2.75) is 31.9 Å². The van der Waals surface area contributed by atoms with Crippen LogP contribution in [0.15, 0.2) is 0 Å². The minimum Gasteiger partial charge on any atom is -0.469 e. The van der Waals surface area contributed by atoms with Crippen molar-refractivity contribution in [2.24, 2.45) is 0 Å². The molecule has 5 heteroatoms. The van der Waals surface area contributed by atoms with E-state index in [0.717, 1.165) is 0 Å². The molecule has 0 radical (unpaired) electrons. The molecule has 1 aliphatic rings. The Morgan fingerprint density at radius 1 is 1.77 bits per heavy atom. The van der Waals surface area contributed by atoms with Crippen molar-refractivity contribution in [2.75, 3.05) is 7.11 Å². The average Bonchev–Trinajstić information content (AvgIpc) is 2.02. The number of alkyl carbamates (subject to hydrolysis) is 1. The Bertz CT molecular complexity index is 216. The maximum Gasteiger partial charge on any atom is 0.407 e. The summed E-state index contributed by atoms with van der Waals surface area (Å²) in [5.41, 5.74) is 0. The van der Waals surface area contributed by atoms with Gasteiger partial charge in [0.25, 0.3) is 0 Å². The summed E-state index contributed by atoms with van der Waals surface area (Å²) < 4.78 is 9.32. The lowest BCUT2D eigenvalue weighted by Gasteiger charge is -2.27. The predicted molar refractivity (Wildman–Crippen MR) is 44.1 cm³/mol. The minimum atomic E-state index is -0.465. The van der Waals surface area contributed by atoms with Crippen LogP contribution in [0.3, 0.4) is 0 Å². The van der Waals surface area contributed by atoms with Gasteiger partial charge >= 0.3 is 12.1 Å². The van der Waals surface area contributed by atoms with Crippen LogP contribution in [0.25, 0.3) is 0 Å². The van der Waals surface area contributed by atoms with E-state index in [1.807, 2.05) is 0 Å². The number of carbonyl (C=O) groups is 2. The van der Waals surface area contributed by atoms with Gasteiger partial charge in [0, 0.05) is 12.5 Å². The van der Waals surface area contributed by atoms with E-state index in [1.54, 1.807) is 6.92 Å². The number of rotatable bonds is 2. The topological polar surface area (TPSA) is 64.6 Å². The minimum absolute atomic E-state index is 0.136. The van der Waals surface area contributed by atoms with E-state index >= 15 is 0 Å². The summed E-state index contributed by atoms with van der Waals surface area (Å²) >= 11 is 0. The number of hydrogen-bond donors (Lipinski definition) is 1. The summed E-state index contributed by atoms with van der Waals surface area (Å²) in [4.78, 5) is 21.7. The molecule has 0 aliphatic carbocycles. The Balaban J connectivity index is 2.41. The van der Waals surface area contributed by atoms with E-state index in [-0.39, 0.29) is 24.5 Å². The molecule has 0 bridgehead atoms. The van der Waals surface area contributed by atoms with Gasteiger partial charge in [0.15, 0.2) is 0 Å². The summed E-state index contributed by atoms with van der Waals surface area (Å²) in [5, 5.41) is 2.55. The highest BCUT2D eigenvalue weighted by Gasteiger charge is 2.26. The molecule has 5 nitrogen and oxygen atoms in total. The highest BCUT2D eigenvalue weighted by Crippen LogP contribution is 2.12. The van der Waals surface area contributed by atoms with E-state index in [1.165, 1.54) is 7.11 Å². The molecule has 0 aromatic rings. The summed E-state index contributed by atoms with van der Waals surface area (Å²) in [6, 6.07) is -0.163. The molecular formula is C8H13NO4. The first-order valence-corrected chi connectivity index (χ1v) is 4.15. The Morgan fingerprint density at radius 2 is 2.46 bits per heavy atom. The first-order chi connectivity index (χ1) is 6.11. The number of carbonyl (C=O) groups excluding carboxylic acids is 2. The number of amides is 1. The van der Waals surface area contributed by atoms with Crippen molar-refractivity contribution in [3.63, 3.8) is 0 Å². The fourth-order valence-electron chi connectivity index (χ4n) is 1.31. The van der Waals surface area contributed by atoms with Gasteiger partial charge in [0.05, 0.1) is 13.5 Å². The predicted octanol–water partition coefficient (Wildman–Crippen LogP) is 0.436. The van der Waals surface area contributed by atoms with Crippen molar-refractivity contribution in [3.05, 3.63) is 0 Å². The molecule has 1 fully saturated rings. The molecule has 0 aromatic carbocycles. The molecule has 1 aliphatic heterocycles. The maximum atomic E-state index is 10.9. The van der Waals surface area contributed by atoms with Gasteiger partial charge in [0.2, 0.25) is 0 Å². The van der Waals surface area contributed by atoms with Crippen molar-refractivity contribution in [1.29, 1.82) is 0 Å². The third-order valence-electron chi connectivity index (χ3n) is 1.89. The molecule has 1 N–H and O–H groups in total. The normalized spacial score (nSPS) is 27.4. The maximum absolute atomic E-state index is 10.9. The fourth-order valence-corrected chi connectivity index (χ4v) is 1.31. The SMILES string of the molecule is COC(=O)C[C@@H]1C[C@H](C)OC(=O)N1. The zero-order valence-electron chi connectivity index (χ0n) is 7.70. The Labute approximate surface area is 76.4 Å². The second kappa shape index (κ2) is 4.11. The van der Waals surface area contributed by atoms with E-state index in [0.29, 0.717) is 6.42 Å². The highest BCUT2D eigenvalue weighted by atomic mass is 16.6. The van der Waals surface area contributed by atoms with Crippen LogP contribution in [-0.2, 0) is 14.3 Å². The number of methoxy groups -OCH3 is 1. The Kier molecular flexibility index (Phi) is 3.11. The molecule has 0 unspecified atom stereocenters. The molecule has 0 saturated carbocycles. The van der Waals surface area contributed by atoms with E-state index in [4.69, 9.17) is 4.74 Å². The lowest BCUT2D eigenvalue weighted by Crippen LogP contribution is -2.45. The quantitative estimate of drug-likeness (QED) is 0.637. The number of ether oxygens (including phenoxy) is 2. The van der Waals surface area contributed by atoms with Gasteiger partial charge < -0.3 is 14.8 Å². The molecule has 1 rings (SSSR count). The number of cyclic esters (lactones) is 1. The molecular weight excluding hydrogens is 174 g/mol. The van der Waals surface area contributed by atoms with Crippen molar-refractivity contribution in [1.82, 2.24) is 5.32 Å². The third kappa shape index (κ3) is 2.93. The number of esters is 1. The van der Waals surface area contributed by atoms with Crippen LogP contribution in [-0.4, -0.2) is 31.3 Å². The molecule has 13 heavy (non-hydrogen) atoms.